The monoisotopic (exact) mass is 227 g/mol. The molecule has 0 bridgehead atoms. The van der Waals surface area contributed by atoms with Crippen LogP contribution in [0.25, 0.3) is 0 Å². The van der Waals surface area contributed by atoms with Gasteiger partial charge in [-0.15, -0.1) is 0 Å². The van der Waals surface area contributed by atoms with Crippen molar-refractivity contribution in [3.63, 3.8) is 0 Å². The summed E-state index contributed by atoms with van der Waals surface area (Å²) in [6, 6.07) is 7.38. The number of anilines is 1. The van der Waals surface area contributed by atoms with Crippen molar-refractivity contribution in [1.29, 1.82) is 0 Å². The van der Waals surface area contributed by atoms with Crippen LogP contribution < -0.4 is 5.73 Å². The van der Waals surface area contributed by atoms with Gasteiger partial charge < -0.3 is 5.73 Å². The van der Waals surface area contributed by atoms with E-state index in [0.29, 0.717) is 5.69 Å². The van der Waals surface area contributed by atoms with Gasteiger partial charge in [0.1, 0.15) is 9.84 Å². The predicted molar refractivity (Wildman–Crippen MR) is 63.6 cm³/mol. The van der Waals surface area contributed by atoms with Crippen LogP contribution in [0, 0.1) is 0 Å². The summed E-state index contributed by atoms with van der Waals surface area (Å²) in [6.07, 6.45) is 1.24. The van der Waals surface area contributed by atoms with E-state index in [1.165, 1.54) is 6.26 Å². The molecular weight excluding hydrogens is 210 g/mol. The van der Waals surface area contributed by atoms with Gasteiger partial charge in [0, 0.05) is 17.4 Å². The first kappa shape index (κ1) is 12.0. The van der Waals surface area contributed by atoms with Crippen LogP contribution in [0.15, 0.2) is 24.3 Å². The van der Waals surface area contributed by atoms with Crippen LogP contribution in [-0.4, -0.2) is 20.4 Å². The Bertz CT molecular complexity index is 449. The molecule has 1 aromatic rings. The minimum absolute atomic E-state index is 0.105. The van der Waals surface area contributed by atoms with Gasteiger partial charge in [0.25, 0.3) is 0 Å². The zero-order chi connectivity index (χ0) is 11.7. The summed E-state index contributed by atoms with van der Waals surface area (Å²) in [4.78, 5) is 0. The van der Waals surface area contributed by atoms with Crippen molar-refractivity contribution in [2.45, 2.75) is 19.3 Å². The van der Waals surface area contributed by atoms with Crippen LogP contribution in [0.1, 0.15) is 19.4 Å². The van der Waals surface area contributed by atoms with Gasteiger partial charge >= 0.3 is 0 Å². The first-order valence-corrected chi connectivity index (χ1v) is 6.81. The quantitative estimate of drug-likeness (QED) is 0.798. The van der Waals surface area contributed by atoms with Crippen molar-refractivity contribution in [2.24, 2.45) is 0 Å². The van der Waals surface area contributed by atoms with E-state index in [1.54, 1.807) is 6.07 Å². The standard InChI is InChI=1S/C11H17NO2S/c1-11(2,8-15(3,13)14)9-6-4-5-7-10(9)12/h4-7H,8,12H2,1-3H3. The normalized spacial score (nSPS) is 12.7. The lowest BCUT2D eigenvalue weighted by Gasteiger charge is -2.25. The molecule has 0 saturated carbocycles. The van der Waals surface area contributed by atoms with E-state index < -0.39 is 15.3 Å². The Labute approximate surface area is 91.2 Å². The van der Waals surface area contributed by atoms with E-state index in [0.717, 1.165) is 5.56 Å². The van der Waals surface area contributed by atoms with E-state index in [9.17, 15) is 8.42 Å². The number of benzene rings is 1. The Morgan fingerprint density at radius 1 is 1.27 bits per heavy atom. The van der Waals surface area contributed by atoms with Gasteiger partial charge in [-0.3, -0.25) is 0 Å². The van der Waals surface area contributed by atoms with Crippen molar-refractivity contribution in [3.05, 3.63) is 29.8 Å². The highest BCUT2D eigenvalue weighted by atomic mass is 32.2. The lowest BCUT2D eigenvalue weighted by atomic mass is 9.86. The zero-order valence-corrected chi connectivity index (χ0v) is 10.1. The van der Waals surface area contributed by atoms with E-state index >= 15 is 0 Å². The highest BCUT2D eigenvalue weighted by Crippen LogP contribution is 2.29. The molecule has 0 atom stereocenters. The SMILES string of the molecule is CC(C)(CS(C)(=O)=O)c1ccccc1N. The summed E-state index contributed by atoms with van der Waals surface area (Å²) in [5, 5.41) is 0. The Morgan fingerprint density at radius 2 is 1.80 bits per heavy atom. The lowest BCUT2D eigenvalue weighted by Crippen LogP contribution is -2.28. The topological polar surface area (TPSA) is 60.2 Å². The molecule has 0 fully saturated rings. The third-order valence-corrected chi connectivity index (χ3v) is 3.56. The van der Waals surface area contributed by atoms with E-state index in [-0.39, 0.29) is 5.75 Å². The number of nitrogens with two attached hydrogens (primary N) is 1. The van der Waals surface area contributed by atoms with Gasteiger partial charge in [-0.2, -0.15) is 0 Å². The van der Waals surface area contributed by atoms with Crippen LogP contribution in [0.2, 0.25) is 0 Å². The third kappa shape index (κ3) is 3.23. The minimum Gasteiger partial charge on any atom is -0.398 e. The average molecular weight is 227 g/mol. The number of hydrogen-bond acceptors (Lipinski definition) is 3. The van der Waals surface area contributed by atoms with Gasteiger partial charge in [-0.1, -0.05) is 32.0 Å². The maximum absolute atomic E-state index is 11.3. The second kappa shape index (κ2) is 3.85. The largest absolute Gasteiger partial charge is 0.398 e. The fourth-order valence-corrected chi connectivity index (χ4v) is 3.31. The molecule has 4 heteroatoms. The zero-order valence-electron chi connectivity index (χ0n) is 9.32. The fourth-order valence-electron chi connectivity index (χ4n) is 1.85. The van der Waals surface area contributed by atoms with Crippen LogP contribution in [0.3, 0.4) is 0 Å². The summed E-state index contributed by atoms with van der Waals surface area (Å²) in [7, 11) is -3.00. The van der Waals surface area contributed by atoms with Crippen LogP contribution >= 0.6 is 0 Å². The van der Waals surface area contributed by atoms with Gasteiger partial charge in [0.05, 0.1) is 5.75 Å². The molecule has 0 aliphatic carbocycles. The molecule has 0 aliphatic heterocycles. The second-order valence-electron chi connectivity index (χ2n) is 4.54. The lowest BCUT2D eigenvalue weighted by molar-refractivity contribution is 0.553. The molecule has 0 aromatic heterocycles. The third-order valence-electron chi connectivity index (χ3n) is 2.31. The van der Waals surface area contributed by atoms with Crippen molar-refractivity contribution in [2.75, 3.05) is 17.7 Å². The summed E-state index contributed by atoms with van der Waals surface area (Å²) in [5.41, 5.74) is 6.91. The van der Waals surface area contributed by atoms with Crippen molar-refractivity contribution >= 4 is 15.5 Å². The van der Waals surface area contributed by atoms with Crippen molar-refractivity contribution < 1.29 is 8.42 Å². The number of hydrogen-bond donors (Lipinski definition) is 1. The highest BCUT2D eigenvalue weighted by molar-refractivity contribution is 7.90. The number of nitrogen functional groups attached to an aromatic ring is 1. The maximum Gasteiger partial charge on any atom is 0.148 e. The molecule has 2 N–H and O–H groups in total. The van der Waals surface area contributed by atoms with Gasteiger partial charge in [-0.05, 0) is 11.6 Å². The summed E-state index contributed by atoms with van der Waals surface area (Å²) < 4.78 is 22.6. The Hall–Kier alpha value is -1.03. The number of para-hydroxylation sites is 1. The smallest absolute Gasteiger partial charge is 0.148 e. The fraction of sp³-hybridized carbons (Fsp3) is 0.455. The van der Waals surface area contributed by atoms with E-state index in [2.05, 4.69) is 0 Å². The van der Waals surface area contributed by atoms with Gasteiger partial charge in [0.15, 0.2) is 0 Å². The van der Waals surface area contributed by atoms with Crippen LogP contribution in [0.4, 0.5) is 5.69 Å². The molecule has 0 saturated heterocycles. The molecule has 0 unspecified atom stereocenters. The molecule has 84 valence electrons. The van der Waals surface area contributed by atoms with Gasteiger partial charge in [-0.25, -0.2) is 8.42 Å². The first-order valence-electron chi connectivity index (χ1n) is 4.75. The molecule has 0 aliphatic rings. The summed E-state index contributed by atoms with van der Waals surface area (Å²) in [5.74, 6) is 0.105. The molecule has 0 heterocycles. The Balaban J connectivity index is 3.12. The number of sulfone groups is 1. The maximum atomic E-state index is 11.3. The highest BCUT2D eigenvalue weighted by Gasteiger charge is 2.27. The molecule has 0 amide bonds. The molecule has 15 heavy (non-hydrogen) atoms. The van der Waals surface area contributed by atoms with Crippen LogP contribution in [0.5, 0.6) is 0 Å². The van der Waals surface area contributed by atoms with Crippen molar-refractivity contribution in [1.82, 2.24) is 0 Å². The second-order valence-corrected chi connectivity index (χ2v) is 6.68. The molecular formula is C11H17NO2S. The van der Waals surface area contributed by atoms with Crippen LogP contribution in [-0.2, 0) is 15.3 Å². The Kier molecular flexibility index (Phi) is 3.09. The van der Waals surface area contributed by atoms with E-state index in [4.69, 9.17) is 5.73 Å². The van der Waals surface area contributed by atoms with E-state index in [1.807, 2.05) is 32.0 Å². The molecule has 3 nitrogen and oxygen atoms in total. The molecule has 0 spiro atoms. The van der Waals surface area contributed by atoms with Crippen molar-refractivity contribution in [3.8, 4) is 0 Å². The predicted octanol–water partition coefficient (Wildman–Crippen LogP) is 1.59. The molecule has 1 rings (SSSR count). The summed E-state index contributed by atoms with van der Waals surface area (Å²) in [6.45, 7) is 3.78. The summed E-state index contributed by atoms with van der Waals surface area (Å²) >= 11 is 0. The minimum atomic E-state index is -3.00. The number of rotatable bonds is 3. The van der Waals surface area contributed by atoms with Gasteiger partial charge in [0.2, 0.25) is 0 Å². The first-order chi connectivity index (χ1) is 6.72. The molecule has 1 aromatic carbocycles. The average Bonchev–Trinajstić information content (AvgIpc) is 1.99. The molecule has 0 radical (unpaired) electrons. The Morgan fingerprint density at radius 3 is 2.27 bits per heavy atom.